The van der Waals surface area contributed by atoms with E-state index in [4.69, 9.17) is 0 Å². The average Bonchev–Trinajstić information content (AvgIpc) is 3.11. The summed E-state index contributed by atoms with van der Waals surface area (Å²) in [6.07, 6.45) is 1.47. The zero-order chi connectivity index (χ0) is 19.5. The van der Waals surface area contributed by atoms with Crippen LogP contribution in [0.4, 0.5) is 5.95 Å². The Labute approximate surface area is 161 Å². The van der Waals surface area contributed by atoms with Crippen LogP contribution in [0.1, 0.15) is 21.5 Å². The van der Waals surface area contributed by atoms with Crippen LogP contribution in [0.5, 0.6) is 0 Å². The summed E-state index contributed by atoms with van der Waals surface area (Å²) in [5.41, 5.74) is 3.00. The summed E-state index contributed by atoms with van der Waals surface area (Å²) in [4.78, 5) is 36.3. The van der Waals surface area contributed by atoms with Crippen molar-refractivity contribution in [2.75, 3.05) is 5.32 Å². The van der Waals surface area contributed by atoms with Gasteiger partial charge in [-0.2, -0.15) is 4.98 Å². The third kappa shape index (κ3) is 3.68. The number of anilines is 1. The lowest BCUT2D eigenvalue weighted by molar-refractivity contribution is 0.0973. The molecule has 0 aliphatic carbocycles. The molecule has 28 heavy (non-hydrogen) atoms. The molecule has 4 rings (SSSR count). The summed E-state index contributed by atoms with van der Waals surface area (Å²) in [7, 11) is 0. The smallest absolute Gasteiger partial charge is 0.278 e. The van der Waals surface area contributed by atoms with Crippen LogP contribution < -0.4 is 10.9 Å². The largest absolute Gasteiger partial charge is 0.352 e. The molecule has 0 aliphatic rings. The molecule has 0 aliphatic heterocycles. The van der Waals surface area contributed by atoms with E-state index in [0.29, 0.717) is 23.7 Å². The number of rotatable bonds is 6. The topological polar surface area (TPSA) is 92.7 Å². The highest BCUT2D eigenvalue weighted by atomic mass is 16.1. The van der Waals surface area contributed by atoms with E-state index in [1.54, 1.807) is 12.1 Å². The molecule has 0 atom stereocenters. The number of fused-ring (bicyclic) bond motifs is 1. The Morgan fingerprint density at radius 3 is 2.61 bits per heavy atom. The van der Waals surface area contributed by atoms with E-state index < -0.39 is 0 Å². The first kappa shape index (κ1) is 17.7. The fourth-order valence-electron chi connectivity index (χ4n) is 2.96. The first-order valence-corrected chi connectivity index (χ1v) is 8.93. The van der Waals surface area contributed by atoms with Gasteiger partial charge >= 0.3 is 0 Å². The molecule has 2 N–H and O–H groups in total. The fraction of sp³-hybridized carbons (Fsp3) is 0.143. The van der Waals surface area contributed by atoms with Crippen molar-refractivity contribution >= 4 is 22.9 Å². The predicted molar refractivity (Wildman–Crippen MR) is 107 cm³/mol. The minimum atomic E-state index is -0.338. The zero-order valence-corrected chi connectivity index (χ0v) is 15.3. The van der Waals surface area contributed by atoms with Gasteiger partial charge in [-0.25, -0.2) is 4.98 Å². The van der Waals surface area contributed by atoms with Gasteiger partial charge in [0.15, 0.2) is 16.9 Å². The van der Waals surface area contributed by atoms with Crippen molar-refractivity contribution in [1.82, 2.24) is 19.5 Å². The Bertz CT molecular complexity index is 1180. The van der Waals surface area contributed by atoms with Crippen LogP contribution in [0.25, 0.3) is 11.2 Å². The molecule has 140 valence electrons. The van der Waals surface area contributed by atoms with Crippen molar-refractivity contribution in [3.63, 3.8) is 0 Å². The summed E-state index contributed by atoms with van der Waals surface area (Å²) >= 11 is 0. The van der Waals surface area contributed by atoms with Gasteiger partial charge in [0, 0.05) is 12.1 Å². The molecule has 2 heterocycles. The molecule has 0 radical (unpaired) electrons. The zero-order valence-electron chi connectivity index (χ0n) is 15.3. The number of hydrogen-bond donors (Lipinski definition) is 2. The highest BCUT2D eigenvalue weighted by Gasteiger charge is 2.14. The number of benzene rings is 2. The van der Waals surface area contributed by atoms with E-state index in [1.807, 2.05) is 49.4 Å². The van der Waals surface area contributed by atoms with Crippen molar-refractivity contribution in [3.8, 4) is 0 Å². The van der Waals surface area contributed by atoms with E-state index in [1.165, 1.54) is 10.9 Å². The average molecular weight is 373 g/mol. The van der Waals surface area contributed by atoms with Crippen molar-refractivity contribution in [1.29, 1.82) is 0 Å². The van der Waals surface area contributed by atoms with Gasteiger partial charge in [0.25, 0.3) is 5.56 Å². The normalized spacial score (nSPS) is 10.9. The monoisotopic (exact) mass is 373 g/mol. The van der Waals surface area contributed by atoms with Crippen LogP contribution in [0.15, 0.2) is 65.7 Å². The Kier molecular flexibility index (Phi) is 4.72. The summed E-state index contributed by atoms with van der Waals surface area (Å²) in [6.45, 7) is 2.52. The first-order valence-electron chi connectivity index (χ1n) is 8.93. The summed E-state index contributed by atoms with van der Waals surface area (Å²) in [5, 5.41) is 3.09. The van der Waals surface area contributed by atoms with E-state index in [9.17, 15) is 9.59 Å². The molecular formula is C21H19N5O2. The molecule has 7 heteroatoms. The highest BCUT2D eigenvalue weighted by Crippen LogP contribution is 2.11. The lowest BCUT2D eigenvalue weighted by Crippen LogP contribution is -2.18. The van der Waals surface area contributed by atoms with Crippen LogP contribution >= 0.6 is 0 Å². The number of carbonyl (C=O) groups is 1. The summed E-state index contributed by atoms with van der Waals surface area (Å²) < 4.78 is 1.53. The Balaban J connectivity index is 1.55. The van der Waals surface area contributed by atoms with Gasteiger partial charge in [-0.1, -0.05) is 60.2 Å². The van der Waals surface area contributed by atoms with E-state index in [2.05, 4.69) is 20.3 Å². The summed E-state index contributed by atoms with van der Waals surface area (Å²) in [5.74, 6) is 0.251. The number of imidazole rings is 1. The standard InChI is InChI=1S/C21H19N5O2/c1-14-7-9-16(10-8-14)17(27)12-26-13-23-19-18(26)20(28)25-21(24-19)22-11-15-5-3-2-4-6-15/h2-10,13H,11-12H2,1H3,(H2,22,24,25,28). The molecule has 4 aromatic rings. The number of Topliss-reactive ketones (excluding diaryl/α,β-unsaturated/α-hetero) is 1. The lowest BCUT2D eigenvalue weighted by atomic mass is 10.1. The van der Waals surface area contributed by atoms with Crippen molar-refractivity contribution in [3.05, 3.63) is 88.0 Å². The Hall–Kier alpha value is -3.74. The van der Waals surface area contributed by atoms with Gasteiger partial charge in [0.05, 0.1) is 12.9 Å². The van der Waals surface area contributed by atoms with Crippen molar-refractivity contribution < 1.29 is 4.79 Å². The van der Waals surface area contributed by atoms with Gasteiger partial charge in [-0.15, -0.1) is 0 Å². The molecule has 0 spiro atoms. The van der Waals surface area contributed by atoms with Gasteiger partial charge in [-0.3, -0.25) is 14.6 Å². The number of nitrogens with zero attached hydrogens (tertiary/aromatic N) is 3. The highest BCUT2D eigenvalue weighted by molar-refractivity contribution is 5.96. The van der Waals surface area contributed by atoms with E-state index in [0.717, 1.165) is 11.1 Å². The van der Waals surface area contributed by atoms with Gasteiger partial charge in [-0.05, 0) is 12.5 Å². The molecule has 0 saturated carbocycles. The lowest BCUT2D eigenvalue weighted by Gasteiger charge is -2.06. The molecule has 0 saturated heterocycles. The quantitative estimate of drug-likeness (QED) is 0.507. The third-order valence-electron chi connectivity index (χ3n) is 4.47. The van der Waals surface area contributed by atoms with Crippen LogP contribution in [-0.2, 0) is 13.1 Å². The van der Waals surface area contributed by atoms with Crippen molar-refractivity contribution in [2.45, 2.75) is 20.0 Å². The van der Waals surface area contributed by atoms with Crippen LogP contribution in [0, 0.1) is 6.92 Å². The molecule has 0 bridgehead atoms. The minimum absolute atomic E-state index is 0.0289. The minimum Gasteiger partial charge on any atom is -0.352 e. The number of aryl methyl sites for hydroxylation is 1. The number of nitrogens with one attached hydrogen (secondary N) is 2. The van der Waals surface area contributed by atoms with Crippen LogP contribution in [-0.4, -0.2) is 25.3 Å². The maximum absolute atomic E-state index is 12.5. The number of H-pyrrole nitrogens is 1. The fourth-order valence-corrected chi connectivity index (χ4v) is 2.96. The van der Waals surface area contributed by atoms with E-state index >= 15 is 0 Å². The number of ketones is 1. The predicted octanol–water partition coefficient (Wildman–Crippen LogP) is 2.92. The molecule has 0 fully saturated rings. The third-order valence-corrected chi connectivity index (χ3v) is 4.47. The first-order chi connectivity index (χ1) is 13.6. The number of carbonyl (C=O) groups excluding carboxylic acids is 1. The number of aromatic amines is 1. The molecular weight excluding hydrogens is 354 g/mol. The molecule has 2 aromatic heterocycles. The second-order valence-corrected chi connectivity index (χ2v) is 6.59. The Morgan fingerprint density at radius 1 is 1.11 bits per heavy atom. The van der Waals surface area contributed by atoms with Gasteiger partial charge in [0.2, 0.25) is 5.95 Å². The number of hydrogen-bond acceptors (Lipinski definition) is 5. The van der Waals surface area contributed by atoms with Crippen molar-refractivity contribution in [2.24, 2.45) is 0 Å². The van der Waals surface area contributed by atoms with Crippen LogP contribution in [0.2, 0.25) is 0 Å². The van der Waals surface area contributed by atoms with Gasteiger partial charge in [0.1, 0.15) is 0 Å². The number of aromatic nitrogens is 4. The second kappa shape index (κ2) is 7.48. The van der Waals surface area contributed by atoms with Crippen LogP contribution in [0.3, 0.4) is 0 Å². The molecule has 2 aromatic carbocycles. The molecule has 0 unspecified atom stereocenters. The molecule has 0 amide bonds. The molecule has 7 nitrogen and oxygen atoms in total. The summed E-state index contributed by atoms with van der Waals surface area (Å²) in [6, 6.07) is 17.1. The SMILES string of the molecule is Cc1ccc(C(=O)Cn2cnc3nc(NCc4ccccc4)[nH]c(=O)c32)cc1. The van der Waals surface area contributed by atoms with E-state index in [-0.39, 0.29) is 23.4 Å². The second-order valence-electron chi connectivity index (χ2n) is 6.59. The van der Waals surface area contributed by atoms with Gasteiger partial charge < -0.3 is 9.88 Å². The maximum atomic E-state index is 12.5. The maximum Gasteiger partial charge on any atom is 0.278 e. The Morgan fingerprint density at radius 2 is 1.86 bits per heavy atom.